The minimum Gasteiger partial charge on any atom is -0.495 e. The second kappa shape index (κ2) is 8.33. The highest BCUT2D eigenvalue weighted by Gasteiger charge is 2.26. The fourth-order valence-corrected chi connectivity index (χ4v) is 4.47. The Labute approximate surface area is 173 Å². The van der Waals surface area contributed by atoms with Crippen molar-refractivity contribution in [2.75, 3.05) is 20.2 Å². The van der Waals surface area contributed by atoms with E-state index >= 15 is 0 Å². The monoisotopic (exact) mass is 438 g/mol. The van der Waals surface area contributed by atoms with Crippen molar-refractivity contribution in [2.24, 2.45) is 0 Å². The molecular weight excluding hydrogens is 416 g/mol. The van der Waals surface area contributed by atoms with E-state index in [1.807, 2.05) is 36.4 Å². The van der Waals surface area contributed by atoms with Gasteiger partial charge in [-0.3, -0.25) is 9.69 Å². The fourth-order valence-electron chi connectivity index (χ4n) is 3.89. The molecule has 1 fully saturated rings. The number of hydrogen-bond donors (Lipinski definition) is 1. The Morgan fingerprint density at radius 1 is 1.14 bits per heavy atom. The molecule has 0 aliphatic carbocycles. The van der Waals surface area contributed by atoms with Gasteiger partial charge in [-0.05, 0) is 23.4 Å². The van der Waals surface area contributed by atoms with Crippen LogP contribution in [0, 0.1) is 0 Å². The number of hydrogen-bond acceptors (Lipinski definition) is 3. The van der Waals surface area contributed by atoms with Crippen molar-refractivity contribution in [1.29, 1.82) is 0 Å². The van der Waals surface area contributed by atoms with Crippen molar-refractivity contribution >= 4 is 32.6 Å². The molecule has 4 nitrogen and oxygen atoms in total. The molecule has 0 saturated carbocycles. The summed E-state index contributed by atoms with van der Waals surface area (Å²) in [6.45, 7) is 2.76. The molecule has 0 radical (unpaired) electrons. The van der Waals surface area contributed by atoms with Crippen LogP contribution in [0.4, 0.5) is 0 Å². The number of amides is 1. The second-order valence-corrected chi connectivity index (χ2v) is 8.02. The number of rotatable bonds is 5. The van der Waals surface area contributed by atoms with Gasteiger partial charge in [0.1, 0.15) is 5.75 Å². The van der Waals surface area contributed by atoms with Gasteiger partial charge in [-0.15, -0.1) is 0 Å². The Morgan fingerprint density at radius 2 is 1.86 bits per heavy atom. The van der Waals surface area contributed by atoms with Crippen LogP contribution in [0.1, 0.15) is 22.3 Å². The topological polar surface area (TPSA) is 41.6 Å². The van der Waals surface area contributed by atoms with Crippen LogP contribution in [0.5, 0.6) is 5.75 Å². The lowest BCUT2D eigenvalue weighted by Gasteiger charge is -2.18. The van der Waals surface area contributed by atoms with Crippen molar-refractivity contribution in [3.63, 3.8) is 0 Å². The van der Waals surface area contributed by atoms with Crippen molar-refractivity contribution in [3.8, 4) is 5.75 Å². The van der Waals surface area contributed by atoms with E-state index in [4.69, 9.17) is 4.74 Å². The normalized spacial score (nSPS) is 17.0. The molecule has 144 valence electrons. The maximum atomic E-state index is 13.0. The third-order valence-electron chi connectivity index (χ3n) is 5.25. The molecule has 28 heavy (non-hydrogen) atoms. The van der Waals surface area contributed by atoms with Crippen LogP contribution in [0.2, 0.25) is 0 Å². The summed E-state index contributed by atoms with van der Waals surface area (Å²) in [5, 5.41) is 5.16. The summed E-state index contributed by atoms with van der Waals surface area (Å²) in [6, 6.07) is 20.4. The third-order valence-corrected chi connectivity index (χ3v) is 5.91. The standard InChI is InChI=1S/C23H23BrN2O2/c1-28-22-19-10-6-5-9-18(19)21(24)13-20(22)23(27)25-17-11-12-26(15-17)14-16-7-3-2-4-8-16/h2-10,13,17H,11-12,14-15H2,1H3,(H,25,27)/t17-/m0/s1. The van der Waals surface area contributed by atoms with E-state index < -0.39 is 0 Å². The van der Waals surface area contributed by atoms with E-state index in [1.54, 1.807) is 7.11 Å². The molecule has 1 heterocycles. The largest absolute Gasteiger partial charge is 0.495 e. The van der Waals surface area contributed by atoms with Crippen molar-refractivity contribution in [2.45, 2.75) is 19.0 Å². The number of likely N-dealkylation sites (tertiary alicyclic amines) is 1. The van der Waals surface area contributed by atoms with Gasteiger partial charge >= 0.3 is 0 Å². The number of halogens is 1. The highest BCUT2D eigenvalue weighted by molar-refractivity contribution is 9.10. The molecule has 0 unspecified atom stereocenters. The Balaban J connectivity index is 1.48. The fraction of sp³-hybridized carbons (Fsp3) is 0.261. The quantitative estimate of drug-likeness (QED) is 0.631. The number of carbonyl (C=O) groups excluding carboxylic acids is 1. The SMILES string of the molecule is COc1c(C(=O)N[C@H]2CCN(Cc3ccccc3)C2)cc(Br)c2ccccc12. The van der Waals surface area contributed by atoms with Crippen molar-refractivity contribution in [1.82, 2.24) is 10.2 Å². The first-order valence-corrected chi connectivity index (χ1v) is 10.3. The van der Waals surface area contributed by atoms with Crippen LogP contribution in [-0.2, 0) is 6.54 Å². The summed E-state index contributed by atoms with van der Waals surface area (Å²) in [6.07, 6.45) is 0.954. The molecule has 0 aromatic heterocycles. The Bertz CT molecular complexity index is 991. The molecule has 3 aromatic carbocycles. The minimum atomic E-state index is -0.0881. The molecule has 1 saturated heterocycles. The zero-order valence-corrected chi connectivity index (χ0v) is 17.4. The van der Waals surface area contributed by atoms with Gasteiger partial charge in [-0.1, -0.05) is 70.5 Å². The second-order valence-electron chi connectivity index (χ2n) is 7.16. The van der Waals surface area contributed by atoms with E-state index in [9.17, 15) is 4.79 Å². The number of carbonyl (C=O) groups is 1. The molecule has 0 spiro atoms. The summed E-state index contributed by atoms with van der Waals surface area (Å²) in [4.78, 5) is 15.4. The van der Waals surface area contributed by atoms with Crippen LogP contribution in [-0.4, -0.2) is 37.0 Å². The van der Waals surface area contributed by atoms with Crippen LogP contribution in [0.25, 0.3) is 10.8 Å². The van der Waals surface area contributed by atoms with E-state index in [1.165, 1.54) is 5.56 Å². The van der Waals surface area contributed by atoms with E-state index in [0.29, 0.717) is 11.3 Å². The first kappa shape index (κ1) is 19.0. The Kier molecular flexibility index (Phi) is 5.64. The van der Waals surface area contributed by atoms with Gasteiger partial charge < -0.3 is 10.1 Å². The summed E-state index contributed by atoms with van der Waals surface area (Å²) >= 11 is 3.59. The molecule has 3 aromatic rings. The molecular formula is C23H23BrN2O2. The van der Waals surface area contributed by atoms with Crippen LogP contribution < -0.4 is 10.1 Å². The number of benzene rings is 3. The zero-order chi connectivity index (χ0) is 19.5. The minimum absolute atomic E-state index is 0.0881. The van der Waals surface area contributed by atoms with Gasteiger partial charge in [0, 0.05) is 35.5 Å². The maximum Gasteiger partial charge on any atom is 0.255 e. The molecule has 0 bridgehead atoms. The summed E-state index contributed by atoms with van der Waals surface area (Å²) in [5.41, 5.74) is 1.86. The molecule has 5 heteroatoms. The van der Waals surface area contributed by atoms with Gasteiger partial charge in [0.05, 0.1) is 12.7 Å². The maximum absolute atomic E-state index is 13.0. The molecule has 1 atom stereocenters. The Hall–Kier alpha value is -2.37. The number of nitrogens with one attached hydrogen (secondary N) is 1. The number of nitrogens with zero attached hydrogens (tertiary/aromatic N) is 1. The third kappa shape index (κ3) is 3.91. The van der Waals surface area contributed by atoms with Crippen molar-refractivity contribution in [3.05, 3.63) is 76.3 Å². The Morgan fingerprint density at radius 3 is 2.61 bits per heavy atom. The summed E-state index contributed by atoms with van der Waals surface area (Å²) < 4.78 is 6.50. The molecule has 1 aliphatic rings. The van der Waals surface area contributed by atoms with Crippen LogP contribution >= 0.6 is 15.9 Å². The van der Waals surface area contributed by atoms with Gasteiger partial charge in [0.15, 0.2) is 0 Å². The first-order chi connectivity index (χ1) is 13.7. The summed E-state index contributed by atoms with van der Waals surface area (Å²) in [5.74, 6) is 0.533. The first-order valence-electron chi connectivity index (χ1n) is 9.48. The molecule has 1 amide bonds. The zero-order valence-electron chi connectivity index (χ0n) is 15.8. The van der Waals surface area contributed by atoms with Gasteiger partial charge in [-0.25, -0.2) is 0 Å². The van der Waals surface area contributed by atoms with Crippen molar-refractivity contribution < 1.29 is 9.53 Å². The highest BCUT2D eigenvalue weighted by Crippen LogP contribution is 2.35. The predicted octanol–water partition coefficient (Wildman–Crippen LogP) is 4.62. The average molecular weight is 439 g/mol. The van der Waals surface area contributed by atoms with E-state index in [2.05, 4.69) is 50.4 Å². The van der Waals surface area contributed by atoms with E-state index in [0.717, 1.165) is 41.3 Å². The smallest absolute Gasteiger partial charge is 0.255 e. The molecule has 1 aliphatic heterocycles. The van der Waals surface area contributed by atoms with Crippen LogP contribution in [0.3, 0.4) is 0 Å². The highest BCUT2D eigenvalue weighted by atomic mass is 79.9. The number of ether oxygens (including phenoxy) is 1. The van der Waals surface area contributed by atoms with Gasteiger partial charge in [0.2, 0.25) is 0 Å². The number of methoxy groups -OCH3 is 1. The van der Waals surface area contributed by atoms with Gasteiger partial charge in [-0.2, -0.15) is 0 Å². The lowest BCUT2D eigenvalue weighted by atomic mass is 10.0. The number of fused-ring (bicyclic) bond motifs is 1. The lowest BCUT2D eigenvalue weighted by Crippen LogP contribution is -2.37. The van der Waals surface area contributed by atoms with E-state index in [-0.39, 0.29) is 11.9 Å². The van der Waals surface area contributed by atoms with Crippen LogP contribution in [0.15, 0.2) is 65.1 Å². The predicted molar refractivity (Wildman–Crippen MR) is 116 cm³/mol. The molecule has 1 N–H and O–H groups in total. The lowest BCUT2D eigenvalue weighted by molar-refractivity contribution is 0.0935. The molecule has 4 rings (SSSR count). The summed E-state index contributed by atoms with van der Waals surface area (Å²) in [7, 11) is 1.61. The average Bonchev–Trinajstić information content (AvgIpc) is 3.15. The van der Waals surface area contributed by atoms with Gasteiger partial charge in [0.25, 0.3) is 5.91 Å².